The lowest BCUT2D eigenvalue weighted by molar-refractivity contribution is -0.114. The molecule has 0 saturated heterocycles. The zero-order valence-electron chi connectivity index (χ0n) is 15.0. The molecule has 136 valence electrons. The Morgan fingerprint density at radius 3 is 2.15 bits per heavy atom. The molecule has 1 atom stereocenters. The molecule has 0 aliphatic heterocycles. The predicted molar refractivity (Wildman–Crippen MR) is 104 cm³/mol. The number of carbonyl (C=O) groups is 1. The van der Waals surface area contributed by atoms with Crippen LogP contribution in [0.3, 0.4) is 0 Å². The van der Waals surface area contributed by atoms with Gasteiger partial charge in [0.2, 0.25) is 0 Å². The van der Waals surface area contributed by atoms with Crippen LogP contribution in [0, 0.1) is 6.92 Å². The van der Waals surface area contributed by atoms with Gasteiger partial charge in [-0.3, -0.25) is 4.79 Å². The number of rotatable bonds is 5. The van der Waals surface area contributed by atoms with Crippen LogP contribution in [0.15, 0.2) is 71.1 Å². The van der Waals surface area contributed by atoms with Gasteiger partial charge in [0.25, 0.3) is 0 Å². The van der Waals surface area contributed by atoms with E-state index in [0.29, 0.717) is 5.56 Å². The Hall–Kier alpha value is -2.20. The number of aryl methyl sites for hydroxylation is 1. The lowest BCUT2D eigenvalue weighted by Gasteiger charge is -2.18. The molecule has 0 aromatic heterocycles. The SMILES string of the molecule is Cc1ccc(S(=O)(=O)C(C(=O)C=C2CCCCC2)c2ccccc2)cc1. The summed E-state index contributed by atoms with van der Waals surface area (Å²) in [6.45, 7) is 1.91. The largest absolute Gasteiger partial charge is 0.293 e. The van der Waals surface area contributed by atoms with Crippen LogP contribution < -0.4 is 0 Å². The van der Waals surface area contributed by atoms with Crippen LogP contribution in [-0.4, -0.2) is 14.2 Å². The third-order valence-corrected chi connectivity index (χ3v) is 6.92. The minimum absolute atomic E-state index is 0.187. The van der Waals surface area contributed by atoms with Crippen molar-refractivity contribution in [3.8, 4) is 0 Å². The lowest BCUT2D eigenvalue weighted by Crippen LogP contribution is -2.22. The zero-order chi connectivity index (χ0) is 18.6. The number of ketones is 1. The van der Waals surface area contributed by atoms with Crippen molar-refractivity contribution in [3.63, 3.8) is 0 Å². The maximum Gasteiger partial charge on any atom is 0.192 e. The van der Waals surface area contributed by atoms with Gasteiger partial charge < -0.3 is 0 Å². The Morgan fingerprint density at radius 2 is 1.54 bits per heavy atom. The summed E-state index contributed by atoms with van der Waals surface area (Å²) < 4.78 is 26.6. The van der Waals surface area contributed by atoms with Gasteiger partial charge in [-0.1, -0.05) is 60.0 Å². The molecular formula is C22H24O3S. The van der Waals surface area contributed by atoms with Gasteiger partial charge in [-0.25, -0.2) is 8.42 Å². The third-order valence-electron chi connectivity index (χ3n) is 4.86. The van der Waals surface area contributed by atoms with Gasteiger partial charge in [0, 0.05) is 0 Å². The van der Waals surface area contributed by atoms with Crippen LogP contribution >= 0.6 is 0 Å². The van der Waals surface area contributed by atoms with Crippen molar-refractivity contribution >= 4 is 15.6 Å². The molecule has 3 rings (SSSR count). The van der Waals surface area contributed by atoms with E-state index in [1.165, 1.54) is 6.42 Å². The van der Waals surface area contributed by atoms with E-state index < -0.39 is 15.1 Å². The third kappa shape index (κ3) is 4.13. The Labute approximate surface area is 155 Å². The highest BCUT2D eigenvalue weighted by Crippen LogP contribution is 2.32. The topological polar surface area (TPSA) is 51.2 Å². The molecular weight excluding hydrogens is 344 g/mol. The van der Waals surface area contributed by atoms with E-state index in [4.69, 9.17) is 0 Å². The number of benzene rings is 2. The standard InChI is InChI=1S/C22H24O3S/c1-17-12-14-20(15-13-17)26(24,25)22(19-10-6-3-7-11-19)21(23)16-18-8-4-2-5-9-18/h3,6-7,10-16,22H,2,4-5,8-9H2,1H3. The molecule has 3 nitrogen and oxygen atoms in total. The monoisotopic (exact) mass is 368 g/mol. The fraction of sp³-hybridized carbons (Fsp3) is 0.318. The fourth-order valence-electron chi connectivity index (χ4n) is 3.42. The zero-order valence-corrected chi connectivity index (χ0v) is 15.8. The van der Waals surface area contributed by atoms with Gasteiger partial charge in [0.05, 0.1) is 4.90 Å². The Balaban J connectivity index is 2.03. The number of sulfone groups is 1. The van der Waals surface area contributed by atoms with Crippen LogP contribution in [0.1, 0.15) is 48.5 Å². The van der Waals surface area contributed by atoms with Crippen LogP contribution in [0.25, 0.3) is 0 Å². The van der Waals surface area contributed by atoms with E-state index >= 15 is 0 Å². The van der Waals surface area contributed by atoms with Crippen molar-refractivity contribution < 1.29 is 13.2 Å². The lowest BCUT2D eigenvalue weighted by atomic mass is 9.93. The summed E-state index contributed by atoms with van der Waals surface area (Å²) in [5.41, 5.74) is 2.57. The quantitative estimate of drug-likeness (QED) is 0.700. The first-order valence-corrected chi connectivity index (χ1v) is 10.6. The van der Waals surface area contributed by atoms with Crippen molar-refractivity contribution in [2.45, 2.75) is 49.2 Å². The summed E-state index contributed by atoms with van der Waals surface area (Å²) in [7, 11) is -3.82. The molecule has 1 unspecified atom stereocenters. The first-order chi connectivity index (χ1) is 12.5. The Bertz CT molecular complexity index is 886. The minimum Gasteiger partial charge on any atom is -0.293 e. The van der Waals surface area contributed by atoms with E-state index in [2.05, 4.69) is 0 Å². The van der Waals surface area contributed by atoms with Crippen LogP contribution in [0.2, 0.25) is 0 Å². The Morgan fingerprint density at radius 1 is 0.923 bits per heavy atom. The highest BCUT2D eigenvalue weighted by molar-refractivity contribution is 7.92. The van der Waals surface area contributed by atoms with E-state index in [1.807, 2.05) is 13.0 Å². The molecule has 0 radical (unpaired) electrons. The second-order valence-corrected chi connectivity index (χ2v) is 8.95. The molecule has 0 bridgehead atoms. The van der Waals surface area contributed by atoms with Crippen molar-refractivity contribution in [1.29, 1.82) is 0 Å². The molecule has 0 spiro atoms. The number of hydrogen-bond acceptors (Lipinski definition) is 3. The van der Waals surface area contributed by atoms with Gasteiger partial charge in [-0.15, -0.1) is 0 Å². The van der Waals surface area contributed by atoms with Gasteiger partial charge >= 0.3 is 0 Å². The van der Waals surface area contributed by atoms with E-state index in [9.17, 15) is 13.2 Å². The van der Waals surface area contributed by atoms with Gasteiger partial charge in [-0.2, -0.15) is 0 Å². The number of carbonyl (C=O) groups excluding carboxylic acids is 1. The molecule has 0 heterocycles. The summed E-state index contributed by atoms with van der Waals surface area (Å²) in [6, 6.07) is 15.5. The van der Waals surface area contributed by atoms with Crippen LogP contribution in [0.4, 0.5) is 0 Å². The second kappa shape index (κ2) is 8.00. The van der Waals surface area contributed by atoms with Crippen LogP contribution in [-0.2, 0) is 14.6 Å². The van der Waals surface area contributed by atoms with Gasteiger partial charge in [0.1, 0.15) is 0 Å². The molecule has 0 N–H and O–H groups in total. The molecule has 2 aromatic carbocycles. The fourth-order valence-corrected chi connectivity index (χ4v) is 5.09. The molecule has 2 aromatic rings. The molecule has 0 amide bonds. The normalized spacial score (nSPS) is 16.1. The summed E-state index contributed by atoms with van der Waals surface area (Å²) >= 11 is 0. The number of hydrogen-bond donors (Lipinski definition) is 0. The average Bonchev–Trinajstić information content (AvgIpc) is 2.64. The van der Waals surface area contributed by atoms with Gasteiger partial charge in [-0.05, 0) is 56.4 Å². The number of allylic oxidation sites excluding steroid dienone is 2. The predicted octanol–water partition coefficient (Wildman–Crippen LogP) is 4.97. The van der Waals surface area contributed by atoms with E-state index in [-0.39, 0.29) is 10.7 Å². The second-order valence-electron chi connectivity index (χ2n) is 6.91. The smallest absolute Gasteiger partial charge is 0.192 e. The highest BCUT2D eigenvalue weighted by Gasteiger charge is 2.34. The maximum atomic E-state index is 13.3. The average molecular weight is 368 g/mol. The summed E-state index contributed by atoms with van der Waals surface area (Å²) in [5, 5.41) is -1.19. The summed E-state index contributed by atoms with van der Waals surface area (Å²) in [6.07, 6.45) is 6.67. The van der Waals surface area contributed by atoms with Gasteiger partial charge in [0.15, 0.2) is 20.9 Å². The van der Waals surface area contributed by atoms with E-state index in [0.717, 1.165) is 36.8 Å². The molecule has 1 aliphatic carbocycles. The summed E-state index contributed by atoms with van der Waals surface area (Å²) in [5.74, 6) is -0.339. The Kier molecular flexibility index (Phi) is 5.72. The molecule has 1 fully saturated rings. The van der Waals surface area contributed by atoms with Crippen LogP contribution in [0.5, 0.6) is 0 Å². The van der Waals surface area contributed by atoms with Crippen molar-refractivity contribution in [2.75, 3.05) is 0 Å². The minimum atomic E-state index is -3.82. The van der Waals surface area contributed by atoms with Crippen molar-refractivity contribution in [1.82, 2.24) is 0 Å². The van der Waals surface area contributed by atoms with E-state index in [1.54, 1.807) is 54.6 Å². The van der Waals surface area contributed by atoms with Crippen molar-refractivity contribution in [3.05, 3.63) is 77.4 Å². The summed E-state index contributed by atoms with van der Waals surface area (Å²) in [4.78, 5) is 13.2. The van der Waals surface area contributed by atoms with Crippen molar-refractivity contribution in [2.24, 2.45) is 0 Å². The molecule has 4 heteroatoms. The first-order valence-electron chi connectivity index (χ1n) is 9.07. The first kappa shape index (κ1) is 18.6. The molecule has 1 saturated carbocycles. The maximum absolute atomic E-state index is 13.3. The highest BCUT2D eigenvalue weighted by atomic mass is 32.2. The molecule has 26 heavy (non-hydrogen) atoms. The molecule has 1 aliphatic rings.